The fourth-order valence-corrected chi connectivity index (χ4v) is 3.50. The van der Waals surface area contributed by atoms with E-state index in [9.17, 15) is 9.59 Å². The molecule has 2 aromatic carbocycles. The molecule has 3 rings (SSSR count). The van der Waals surface area contributed by atoms with E-state index in [1.54, 1.807) is 24.6 Å². The molecule has 1 heterocycles. The van der Waals surface area contributed by atoms with E-state index in [0.717, 1.165) is 27.8 Å². The molecule has 0 aliphatic carbocycles. The lowest BCUT2D eigenvalue weighted by Crippen LogP contribution is -2.14. The van der Waals surface area contributed by atoms with Crippen LogP contribution in [0.1, 0.15) is 32.6 Å². The monoisotopic (exact) mass is 354 g/mol. The van der Waals surface area contributed by atoms with Gasteiger partial charge in [0.05, 0.1) is 6.61 Å². The summed E-state index contributed by atoms with van der Waals surface area (Å²) < 4.78 is 6.78. The van der Waals surface area contributed by atoms with Crippen molar-refractivity contribution in [2.45, 2.75) is 13.8 Å². The number of carbonyl (C=O) groups is 2. The van der Waals surface area contributed by atoms with Crippen molar-refractivity contribution in [3.63, 3.8) is 0 Å². The van der Waals surface area contributed by atoms with Gasteiger partial charge in [-0.15, -0.1) is 0 Å². The fraction of sp³-hybridized carbons (Fsp3) is 0.211. The summed E-state index contributed by atoms with van der Waals surface area (Å²) in [7, 11) is 1.78. The molecule has 3 aromatic rings. The second-order valence-electron chi connectivity index (χ2n) is 5.56. The van der Waals surface area contributed by atoms with Crippen LogP contribution in [0.25, 0.3) is 10.8 Å². The van der Waals surface area contributed by atoms with E-state index in [4.69, 9.17) is 4.74 Å². The number of esters is 1. The molecule has 0 saturated heterocycles. The third-order valence-corrected chi connectivity index (χ3v) is 5.18. The maximum atomic E-state index is 12.5. The molecule has 0 saturated carbocycles. The lowest BCUT2D eigenvalue weighted by Gasteiger charge is -2.00. The van der Waals surface area contributed by atoms with E-state index in [0.29, 0.717) is 21.8 Å². The molecule has 1 aromatic heterocycles. The minimum atomic E-state index is -0.389. The first-order valence-corrected chi connectivity index (χ1v) is 8.74. The Hall–Kier alpha value is -2.73. The van der Waals surface area contributed by atoms with Gasteiger partial charge in [0.25, 0.3) is 5.91 Å². The Morgan fingerprint density at radius 3 is 2.60 bits per heavy atom. The molecule has 0 bridgehead atoms. The van der Waals surface area contributed by atoms with Crippen molar-refractivity contribution in [2.75, 3.05) is 6.61 Å². The summed E-state index contributed by atoms with van der Waals surface area (Å²) in [6, 6.07) is 13.3. The summed E-state index contributed by atoms with van der Waals surface area (Å²) in [6.07, 6.45) is 0. The largest absolute Gasteiger partial charge is 0.462 e. The highest BCUT2D eigenvalue weighted by atomic mass is 32.1. The molecule has 0 radical (unpaired) electrons. The van der Waals surface area contributed by atoms with Crippen molar-refractivity contribution in [3.05, 3.63) is 63.4 Å². The summed E-state index contributed by atoms with van der Waals surface area (Å²) in [6.45, 7) is 3.88. The Morgan fingerprint density at radius 1 is 1.16 bits per heavy atom. The van der Waals surface area contributed by atoms with Gasteiger partial charge < -0.3 is 9.30 Å². The predicted molar refractivity (Wildman–Crippen MR) is 97.8 cm³/mol. The molecule has 0 fully saturated rings. The maximum absolute atomic E-state index is 12.5. The van der Waals surface area contributed by atoms with Gasteiger partial charge in [-0.25, -0.2) is 4.79 Å². The zero-order chi connectivity index (χ0) is 18.0. The number of hydrogen-bond donors (Lipinski definition) is 0. The minimum Gasteiger partial charge on any atom is -0.462 e. The highest BCUT2D eigenvalue weighted by Crippen LogP contribution is 2.17. The number of hydrogen-bond acceptors (Lipinski definition) is 4. The van der Waals surface area contributed by atoms with Crippen molar-refractivity contribution < 1.29 is 14.3 Å². The summed E-state index contributed by atoms with van der Waals surface area (Å²) in [5.74, 6) is -0.724. The molecule has 128 valence electrons. The third kappa shape index (κ3) is 3.39. The second kappa shape index (κ2) is 7.03. The number of benzene rings is 2. The van der Waals surface area contributed by atoms with E-state index < -0.39 is 0 Å². The van der Waals surface area contributed by atoms with Crippen LogP contribution in [0.2, 0.25) is 0 Å². The van der Waals surface area contributed by atoms with Gasteiger partial charge in [0.2, 0.25) is 0 Å². The molecular formula is C19H18N2O3S. The standard InChI is InChI=1S/C19H18N2O3S/c1-4-24-18(23)16-12(2)21(3)19(25-16)20-17(22)15-10-9-13-7-5-6-8-14(13)11-15/h5-11H,4H2,1-3H3. The molecule has 0 aliphatic heterocycles. The number of thiazole rings is 1. The minimum absolute atomic E-state index is 0.308. The lowest BCUT2D eigenvalue weighted by atomic mass is 10.1. The van der Waals surface area contributed by atoms with E-state index in [2.05, 4.69) is 4.99 Å². The average Bonchev–Trinajstić information content (AvgIpc) is 2.90. The van der Waals surface area contributed by atoms with Crippen molar-refractivity contribution in [1.82, 2.24) is 4.57 Å². The van der Waals surface area contributed by atoms with Crippen LogP contribution in [0, 0.1) is 6.92 Å². The zero-order valence-corrected chi connectivity index (χ0v) is 15.1. The van der Waals surface area contributed by atoms with E-state index in [1.807, 2.05) is 43.3 Å². The molecule has 0 aliphatic rings. The van der Waals surface area contributed by atoms with Gasteiger partial charge in [0.15, 0.2) is 4.80 Å². The number of aromatic nitrogens is 1. The highest BCUT2D eigenvalue weighted by molar-refractivity contribution is 7.11. The molecule has 0 N–H and O–H groups in total. The highest BCUT2D eigenvalue weighted by Gasteiger charge is 2.16. The number of fused-ring (bicyclic) bond motifs is 1. The van der Waals surface area contributed by atoms with Gasteiger partial charge in [-0.3, -0.25) is 4.79 Å². The van der Waals surface area contributed by atoms with Crippen molar-refractivity contribution in [1.29, 1.82) is 0 Å². The predicted octanol–water partition coefficient (Wildman–Crippen LogP) is 3.47. The average molecular weight is 354 g/mol. The van der Waals surface area contributed by atoms with Crippen LogP contribution < -0.4 is 4.80 Å². The summed E-state index contributed by atoms with van der Waals surface area (Å²) in [4.78, 5) is 29.7. The van der Waals surface area contributed by atoms with Crippen molar-refractivity contribution in [3.8, 4) is 0 Å². The van der Waals surface area contributed by atoms with Crippen LogP contribution >= 0.6 is 11.3 Å². The Kier molecular flexibility index (Phi) is 4.81. The van der Waals surface area contributed by atoms with Crippen molar-refractivity contribution >= 4 is 34.0 Å². The molecule has 25 heavy (non-hydrogen) atoms. The number of carbonyl (C=O) groups excluding carboxylic acids is 2. The Bertz CT molecular complexity index is 1030. The van der Waals surface area contributed by atoms with Crippen LogP contribution in [0.3, 0.4) is 0 Å². The van der Waals surface area contributed by atoms with Gasteiger partial charge in [-0.2, -0.15) is 4.99 Å². The van der Waals surface area contributed by atoms with E-state index in [-0.39, 0.29) is 11.9 Å². The number of amides is 1. The number of rotatable bonds is 3. The topological polar surface area (TPSA) is 60.7 Å². The maximum Gasteiger partial charge on any atom is 0.350 e. The van der Waals surface area contributed by atoms with Gasteiger partial charge in [0, 0.05) is 18.3 Å². The van der Waals surface area contributed by atoms with Crippen LogP contribution in [-0.2, 0) is 11.8 Å². The van der Waals surface area contributed by atoms with Crippen LogP contribution in [0.15, 0.2) is 47.5 Å². The van der Waals surface area contributed by atoms with Gasteiger partial charge >= 0.3 is 5.97 Å². The van der Waals surface area contributed by atoms with Crippen molar-refractivity contribution in [2.24, 2.45) is 12.0 Å². The lowest BCUT2D eigenvalue weighted by molar-refractivity contribution is 0.0530. The summed E-state index contributed by atoms with van der Waals surface area (Å²) in [5.41, 5.74) is 1.25. The third-order valence-electron chi connectivity index (χ3n) is 3.97. The molecule has 0 unspecified atom stereocenters. The van der Waals surface area contributed by atoms with Crippen LogP contribution in [0.5, 0.6) is 0 Å². The Balaban J connectivity index is 2.00. The number of ether oxygens (including phenoxy) is 1. The molecular weight excluding hydrogens is 336 g/mol. The normalized spacial score (nSPS) is 11.7. The van der Waals surface area contributed by atoms with Gasteiger partial charge in [-0.1, -0.05) is 41.7 Å². The second-order valence-corrected chi connectivity index (χ2v) is 6.54. The summed E-state index contributed by atoms with van der Waals surface area (Å²) >= 11 is 1.16. The molecule has 6 heteroatoms. The van der Waals surface area contributed by atoms with Crippen LogP contribution in [0.4, 0.5) is 0 Å². The Labute approximate surface area is 149 Å². The quantitative estimate of drug-likeness (QED) is 0.677. The van der Waals surface area contributed by atoms with Crippen LogP contribution in [-0.4, -0.2) is 23.1 Å². The molecule has 0 spiro atoms. The molecule has 0 atom stereocenters. The van der Waals surface area contributed by atoms with Gasteiger partial charge in [0.1, 0.15) is 4.88 Å². The smallest absolute Gasteiger partial charge is 0.350 e. The summed E-state index contributed by atoms with van der Waals surface area (Å²) in [5, 5.41) is 2.06. The van der Waals surface area contributed by atoms with E-state index in [1.165, 1.54) is 0 Å². The number of nitrogens with zero attached hydrogens (tertiary/aromatic N) is 2. The molecule has 1 amide bonds. The van der Waals surface area contributed by atoms with Gasteiger partial charge in [-0.05, 0) is 36.8 Å². The SMILES string of the molecule is CCOC(=O)c1sc(=NC(=O)c2ccc3ccccc3c2)n(C)c1C. The zero-order valence-electron chi connectivity index (χ0n) is 14.3. The molecule has 5 nitrogen and oxygen atoms in total. The first kappa shape index (κ1) is 17.1. The first-order valence-electron chi connectivity index (χ1n) is 7.92. The fourth-order valence-electron chi connectivity index (χ4n) is 2.49. The van der Waals surface area contributed by atoms with E-state index >= 15 is 0 Å². The Morgan fingerprint density at radius 2 is 1.88 bits per heavy atom. The first-order chi connectivity index (χ1) is 12.0.